The molecule has 2 aromatic rings. The van der Waals surface area contributed by atoms with Gasteiger partial charge in [0.15, 0.2) is 6.61 Å². The average Bonchev–Trinajstić information content (AvgIpc) is 2.73. The number of carbonyl (C=O) groups is 2. The SMILES string of the molecule is NC(=O)C1CCN(C(=O)COc2ccc([N+](=O)[O-])cc2Cc2ccccc2)CC1. The highest BCUT2D eigenvalue weighted by molar-refractivity contribution is 5.79. The Labute approximate surface area is 168 Å². The predicted molar refractivity (Wildman–Crippen MR) is 106 cm³/mol. The first kappa shape index (κ1) is 20.3. The number of hydrogen-bond donors (Lipinski definition) is 1. The second-order valence-corrected chi connectivity index (χ2v) is 7.06. The summed E-state index contributed by atoms with van der Waals surface area (Å²) in [5, 5.41) is 11.1. The summed E-state index contributed by atoms with van der Waals surface area (Å²) < 4.78 is 5.73. The van der Waals surface area contributed by atoms with Crippen LogP contribution in [0.3, 0.4) is 0 Å². The number of carbonyl (C=O) groups excluding carboxylic acids is 2. The number of primary amides is 1. The lowest BCUT2D eigenvalue weighted by atomic mass is 9.96. The van der Waals surface area contributed by atoms with Gasteiger partial charge in [0.05, 0.1) is 4.92 Å². The lowest BCUT2D eigenvalue weighted by molar-refractivity contribution is -0.384. The van der Waals surface area contributed by atoms with Gasteiger partial charge in [-0.1, -0.05) is 30.3 Å². The van der Waals surface area contributed by atoms with Crippen molar-refractivity contribution < 1.29 is 19.2 Å². The van der Waals surface area contributed by atoms with Gasteiger partial charge in [0, 0.05) is 43.1 Å². The van der Waals surface area contributed by atoms with Gasteiger partial charge in [0.1, 0.15) is 5.75 Å². The van der Waals surface area contributed by atoms with E-state index in [1.165, 1.54) is 18.2 Å². The molecule has 1 fully saturated rings. The van der Waals surface area contributed by atoms with Crippen LogP contribution in [0.2, 0.25) is 0 Å². The van der Waals surface area contributed by atoms with E-state index in [1.54, 1.807) is 4.90 Å². The molecular formula is C21H23N3O5. The Kier molecular flexibility index (Phi) is 6.43. The van der Waals surface area contributed by atoms with Crippen molar-refractivity contribution in [3.8, 4) is 5.75 Å². The number of rotatable bonds is 7. The molecule has 0 aromatic heterocycles. The fourth-order valence-electron chi connectivity index (χ4n) is 3.42. The van der Waals surface area contributed by atoms with Crippen molar-refractivity contribution in [2.75, 3.05) is 19.7 Å². The summed E-state index contributed by atoms with van der Waals surface area (Å²) in [4.78, 5) is 36.1. The Morgan fingerprint density at radius 2 is 1.83 bits per heavy atom. The zero-order valence-electron chi connectivity index (χ0n) is 16.0. The quantitative estimate of drug-likeness (QED) is 0.568. The molecule has 8 nitrogen and oxygen atoms in total. The van der Waals surface area contributed by atoms with Gasteiger partial charge < -0.3 is 15.4 Å². The first-order chi connectivity index (χ1) is 13.9. The number of piperidine rings is 1. The van der Waals surface area contributed by atoms with Crippen LogP contribution in [-0.4, -0.2) is 41.3 Å². The van der Waals surface area contributed by atoms with E-state index < -0.39 is 4.92 Å². The second kappa shape index (κ2) is 9.18. The molecule has 0 spiro atoms. The maximum atomic E-state index is 12.5. The third-order valence-corrected chi connectivity index (χ3v) is 5.09. The summed E-state index contributed by atoms with van der Waals surface area (Å²) in [6.45, 7) is 0.765. The van der Waals surface area contributed by atoms with E-state index in [2.05, 4.69) is 0 Å². The molecule has 1 heterocycles. The van der Waals surface area contributed by atoms with Crippen LogP contribution in [-0.2, 0) is 16.0 Å². The summed E-state index contributed by atoms with van der Waals surface area (Å²) in [6.07, 6.45) is 1.56. The average molecular weight is 397 g/mol. The van der Waals surface area contributed by atoms with Crippen LogP contribution in [0.15, 0.2) is 48.5 Å². The second-order valence-electron chi connectivity index (χ2n) is 7.06. The van der Waals surface area contributed by atoms with Gasteiger partial charge in [-0.2, -0.15) is 0 Å². The standard InChI is InChI=1S/C21H23N3O5/c22-21(26)16-8-10-23(11-9-16)20(25)14-29-19-7-6-18(24(27)28)13-17(19)12-15-4-2-1-3-5-15/h1-7,13,16H,8-12,14H2,(H2,22,26). The molecule has 2 amide bonds. The first-order valence-corrected chi connectivity index (χ1v) is 9.45. The lowest BCUT2D eigenvalue weighted by Crippen LogP contribution is -2.43. The Bertz CT molecular complexity index is 892. The molecule has 1 aliphatic heterocycles. The zero-order chi connectivity index (χ0) is 20.8. The number of benzene rings is 2. The predicted octanol–water partition coefficient (Wildman–Crippen LogP) is 2.29. The molecule has 29 heavy (non-hydrogen) atoms. The Hall–Kier alpha value is -3.42. The van der Waals surface area contributed by atoms with Crippen molar-refractivity contribution in [3.05, 3.63) is 69.8 Å². The van der Waals surface area contributed by atoms with Crippen LogP contribution in [0.5, 0.6) is 5.75 Å². The van der Waals surface area contributed by atoms with E-state index in [9.17, 15) is 19.7 Å². The molecule has 0 atom stereocenters. The fourth-order valence-corrected chi connectivity index (χ4v) is 3.42. The monoisotopic (exact) mass is 397 g/mol. The fraction of sp³-hybridized carbons (Fsp3) is 0.333. The van der Waals surface area contributed by atoms with Gasteiger partial charge >= 0.3 is 0 Å². The molecule has 8 heteroatoms. The number of likely N-dealkylation sites (tertiary alicyclic amines) is 1. The number of nitrogens with zero attached hydrogens (tertiary/aromatic N) is 2. The number of non-ortho nitro benzene ring substituents is 1. The van der Waals surface area contributed by atoms with Crippen molar-refractivity contribution in [2.24, 2.45) is 11.7 Å². The molecule has 3 rings (SSSR count). The minimum absolute atomic E-state index is 0.0249. The van der Waals surface area contributed by atoms with Crippen LogP contribution in [0.1, 0.15) is 24.0 Å². The van der Waals surface area contributed by atoms with Crippen molar-refractivity contribution in [3.63, 3.8) is 0 Å². The largest absolute Gasteiger partial charge is 0.483 e. The molecule has 2 N–H and O–H groups in total. The van der Waals surface area contributed by atoms with Gasteiger partial charge in [0.25, 0.3) is 11.6 Å². The van der Waals surface area contributed by atoms with Gasteiger partial charge in [-0.3, -0.25) is 19.7 Å². The van der Waals surface area contributed by atoms with E-state index in [0.717, 1.165) is 5.56 Å². The van der Waals surface area contributed by atoms with Crippen LogP contribution in [0.25, 0.3) is 0 Å². The van der Waals surface area contributed by atoms with E-state index in [0.29, 0.717) is 43.7 Å². The third kappa shape index (κ3) is 5.31. The Morgan fingerprint density at radius 3 is 2.45 bits per heavy atom. The van der Waals surface area contributed by atoms with Crippen molar-refractivity contribution in [1.82, 2.24) is 4.90 Å². The van der Waals surface area contributed by atoms with Gasteiger partial charge in [-0.25, -0.2) is 0 Å². The maximum Gasteiger partial charge on any atom is 0.269 e. The van der Waals surface area contributed by atoms with Crippen molar-refractivity contribution >= 4 is 17.5 Å². The van der Waals surface area contributed by atoms with Gasteiger partial charge in [0.2, 0.25) is 5.91 Å². The molecule has 0 saturated carbocycles. The maximum absolute atomic E-state index is 12.5. The number of nitrogens with two attached hydrogens (primary N) is 1. The molecule has 152 valence electrons. The van der Waals surface area contributed by atoms with E-state index >= 15 is 0 Å². The Balaban J connectivity index is 1.67. The minimum Gasteiger partial charge on any atom is -0.483 e. The smallest absolute Gasteiger partial charge is 0.269 e. The van der Waals surface area contributed by atoms with Crippen LogP contribution in [0.4, 0.5) is 5.69 Å². The van der Waals surface area contributed by atoms with Crippen LogP contribution >= 0.6 is 0 Å². The Morgan fingerprint density at radius 1 is 1.14 bits per heavy atom. The van der Waals surface area contributed by atoms with E-state index in [-0.39, 0.29) is 30.0 Å². The highest BCUT2D eigenvalue weighted by Gasteiger charge is 2.26. The molecule has 2 aromatic carbocycles. The molecule has 0 radical (unpaired) electrons. The van der Waals surface area contributed by atoms with E-state index in [1.807, 2.05) is 30.3 Å². The number of ether oxygens (including phenoxy) is 1. The first-order valence-electron chi connectivity index (χ1n) is 9.45. The number of nitro benzene ring substituents is 1. The number of hydrogen-bond acceptors (Lipinski definition) is 5. The van der Waals surface area contributed by atoms with Crippen molar-refractivity contribution in [2.45, 2.75) is 19.3 Å². The summed E-state index contributed by atoms with van der Waals surface area (Å²) in [5.74, 6) is -0.256. The zero-order valence-corrected chi connectivity index (χ0v) is 16.0. The molecule has 1 aliphatic rings. The number of nitro groups is 1. The summed E-state index contributed by atoms with van der Waals surface area (Å²) >= 11 is 0. The van der Waals surface area contributed by atoms with Crippen molar-refractivity contribution in [1.29, 1.82) is 0 Å². The number of amides is 2. The highest BCUT2D eigenvalue weighted by atomic mass is 16.6. The van der Waals surface area contributed by atoms with Gasteiger partial charge in [-0.05, 0) is 24.5 Å². The minimum atomic E-state index is -0.452. The molecule has 0 bridgehead atoms. The van der Waals surface area contributed by atoms with E-state index in [4.69, 9.17) is 10.5 Å². The molecular weight excluding hydrogens is 374 g/mol. The lowest BCUT2D eigenvalue weighted by Gasteiger charge is -2.30. The highest BCUT2D eigenvalue weighted by Crippen LogP contribution is 2.27. The normalized spacial score (nSPS) is 14.4. The van der Waals surface area contributed by atoms with Crippen LogP contribution in [0, 0.1) is 16.0 Å². The summed E-state index contributed by atoms with van der Waals surface area (Å²) in [6, 6.07) is 13.9. The third-order valence-electron chi connectivity index (χ3n) is 5.09. The topological polar surface area (TPSA) is 116 Å². The summed E-state index contributed by atoms with van der Waals surface area (Å²) in [5.41, 5.74) is 6.92. The van der Waals surface area contributed by atoms with Gasteiger partial charge in [-0.15, -0.1) is 0 Å². The van der Waals surface area contributed by atoms with Crippen LogP contribution < -0.4 is 10.5 Å². The molecule has 0 aliphatic carbocycles. The summed E-state index contributed by atoms with van der Waals surface area (Å²) in [7, 11) is 0. The molecule has 1 saturated heterocycles. The molecule has 0 unspecified atom stereocenters.